The third-order valence-corrected chi connectivity index (χ3v) is 7.37. The van der Waals surface area contributed by atoms with E-state index in [4.69, 9.17) is 16.0 Å². The fraction of sp³-hybridized carbons (Fsp3) is 0.500. The summed E-state index contributed by atoms with van der Waals surface area (Å²) in [6.07, 6.45) is -0.685. The lowest BCUT2D eigenvalue weighted by atomic mass is 9.72. The average molecular weight is 497 g/mol. The highest BCUT2D eigenvalue weighted by Crippen LogP contribution is 2.47. The molecule has 3 N–H and O–H groups in total. The molecule has 3 heterocycles. The molecule has 4 rings (SSSR count). The van der Waals surface area contributed by atoms with E-state index in [2.05, 4.69) is 9.83 Å². The van der Waals surface area contributed by atoms with Gasteiger partial charge in [0.25, 0.3) is 5.91 Å². The second kappa shape index (κ2) is 10.3. The molecule has 0 aliphatic carbocycles. The van der Waals surface area contributed by atoms with Gasteiger partial charge >= 0.3 is 0 Å². The van der Waals surface area contributed by atoms with Crippen molar-refractivity contribution in [1.82, 2.24) is 9.88 Å². The summed E-state index contributed by atoms with van der Waals surface area (Å²) in [4.78, 5) is 23.9. The molecule has 2 fully saturated rings. The number of pyridine rings is 1. The predicted octanol–water partition coefficient (Wildman–Crippen LogP) is 1.57. The van der Waals surface area contributed by atoms with Crippen LogP contribution in [0.25, 0.3) is 4.85 Å². The van der Waals surface area contributed by atoms with E-state index in [1.807, 2.05) is 30.0 Å². The first-order chi connectivity index (χ1) is 17.2. The number of rotatable bonds is 8. The van der Waals surface area contributed by atoms with Crippen LogP contribution in [0.2, 0.25) is 0 Å². The van der Waals surface area contributed by atoms with E-state index in [0.29, 0.717) is 36.8 Å². The molecule has 2 aromatic rings. The first-order valence-corrected chi connectivity index (χ1v) is 11.9. The fourth-order valence-electron chi connectivity index (χ4n) is 4.91. The molecule has 2 saturated heterocycles. The summed E-state index contributed by atoms with van der Waals surface area (Å²) >= 11 is 0. The van der Waals surface area contributed by atoms with Gasteiger partial charge in [-0.05, 0) is 36.8 Å². The van der Waals surface area contributed by atoms with Crippen LogP contribution in [-0.2, 0) is 4.79 Å². The Morgan fingerprint density at radius 2 is 2.00 bits per heavy atom. The topological polar surface area (TPSA) is 120 Å². The molecule has 2 aliphatic heterocycles. The highest BCUT2D eigenvalue weighted by Gasteiger charge is 2.49. The second-order valence-electron chi connectivity index (χ2n) is 9.69. The molecule has 0 saturated carbocycles. The molecule has 36 heavy (non-hydrogen) atoms. The molecule has 1 aromatic heterocycles. The van der Waals surface area contributed by atoms with Crippen LogP contribution in [0.15, 0.2) is 36.5 Å². The Bertz CT molecular complexity index is 1150. The van der Waals surface area contributed by atoms with Crippen LogP contribution >= 0.6 is 0 Å². The minimum atomic E-state index is -1.48. The molecule has 10 heteroatoms. The molecule has 2 aliphatic rings. The number of carbonyl (C=O) groups excluding carboxylic acids is 1. The number of aliphatic hydroxyl groups excluding tert-OH is 3. The van der Waals surface area contributed by atoms with Crippen molar-refractivity contribution in [3.05, 3.63) is 53.5 Å². The lowest BCUT2D eigenvalue weighted by molar-refractivity contribution is -0.141. The van der Waals surface area contributed by atoms with Crippen molar-refractivity contribution < 1.29 is 29.6 Å². The number of carbonyl (C=O) groups is 1. The third-order valence-electron chi connectivity index (χ3n) is 7.37. The van der Waals surface area contributed by atoms with Gasteiger partial charge in [0.2, 0.25) is 0 Å². The molecular formula is C26H32N4O6. The Labute approximate surface area is 210 Å². The van der Waals surface area contributed by atoms with Crippen molar-refractivity contribution in [3.63, 3.8) is 0 Å². The number of aliphatic hydroxyl groups is 3. The van der Waals surface area contributed by atoms with E-state index >= 15 is 0 Å². The normalized spacial score (nSPS) is 23.5. The number of benzene rings is 1. The number of hydrogen-bond acceptors (Lipinski definition) is 8. The summed E-state index contributed by atoms with van der Waals surface area (Å²) in [7, 11) is 1.57. The lowest BCUT2D eigenvalue weighted by Crippen LogP contribution is -2.54. The molecule has 10 nitrogen and oxygen atoms in total. The van der Waals surface area contributed by atoms with Gasteiger partial charge in [0.1, 0.15) is 11.9 Å². The highest BCUT2D eigenvalue weighted by molar-refractivity contribution is 5.81. The minimum Gasteiger partial charge on any atom is -0.493 e. The minimum absolute atomic E-state index is 0.1000. The van der Waals surface area contributed by atoms with Crippen LogP contribution in [0, 0.1) is 12.0 Å². The van der Waals surface area contributed by atoms with E-state index in [1.54, 1.807) is 32.4 Å². The summed E-state index contributed by atoms with van der Waals surface area (Å²) in [5, 5.41) is 29.7. The van der Waals surface area contributed by atoms with Gasteiger partial charge in [-0.1, -0.05) is 13.0 Å². The van der Waals surface area contributed by atoms with Gasteiger partial charge in [0, 0.05) is 30.6 Å². The largest absolute Gasteiger partial charge is 0.493 e. The lowest BCUT2D eigenvalue weighted by Gasteiger charge is -2.40. The van der Waals surface area contributed by atoms with Gasteiger partial charge in [-0.2, -0.15) is 0 Å². The standard InChI is InChI=1S/C26H32N4O6/c1-16(32)26(2)15-30(25(34)21(33)14-31)13-20(26)17-5-6-22(35-4)23(9-17)36-19-11-29(12-19)24-10-18(27-3)7-8-28-24/h5-10,16,19-21,31-33H,11-15H2,1-2,4H3/t16-,20+,21+,26+/m1/s1. The van der Waals surface area contributed by atoms with Gasteiger partial charge in [-0.3, -0.25) is 4.79 Å². The van der Waals surface area contributed by atoms with Crippen molar-refractivity contribution in [3.8, 4) is 11.5 Å². The molecule has 4 atom stereocenters. The number of likely N-dealkylation sites (tertiary alicyclic amines) is 1. The Morgan fingerprint density at radius 1 is 1.25 bits per heavy atom. The van der Waals surface area contributed by atoms with Crippen molar-refractivity contribution in [1.29, 1.82) is 0 Å². The van der Waals surface area contributed by atoms with Crippen LogP contribution in [0.3, 0.4) is 0 Å². The molecular weight excluding hydrogens is 464 g/mol. The first kappa shape index (κ1) is 25.7. The molecule has 0 spiro atoms. The van der Waals surface area contributed by atoms with Crippen molar-refractivity contribution in [2.45, 2.75) is 38.1 Å². The van der Waals surface area contributed by atoms with Crippen LogP contribution in [0.4, 0.5) is 11.5 Å². The van der Waals surface area contributed by atoms with Crippen molar-refractivity contribution in [2.24, 2.45) is 5.41 Å². The highest BCUT2D eigenvalue weighted by atomic mass is 16.5. The Balaban J connectivity index is 1.52. The first-order valence-electron chi connectivity index (χ1n) is 11.9. The van der Waals surface area contributed by atoms with Crippen molar-refractivity contribution >= 4 is 17.4 Å². The Kier molecular flexibility index (Phi) is 7.36. The molecule has 0 unspecified atom stereocenters. The van der Waals surface area contributed by atoms with Gasteiger partial charge in [-0.25, -0.2) is 9.83 Å². The quantitative estimate of drug-likeness (QED) is 0.471. The van der Waals surface area contributed by atoms with E-state index in [1.165, 1.54) is 4.90 Å². The van der Waals surface area contributed by atoms with Gasteiger partial charge in [0.15, 0.2) is 23.3 Å². The summed E-state index contributed by atoms with van der Waals surface area (Å²) in [5.41, 5.74) is 0.755. The van der Waals surface area contributed by atoms with E-state index < -0.39 is 30.1 Å². The van der Waals surface area contributed by atoms with Crippen LogP contribution in [0.5, 0.6) is 11.5 Å². The third kappa shape index (κ3) is 4.82. The Morgan fingerprint density at radius 3 is 2.64 bits per heavy atom. The number of hydrogen-bond donors (Lipinski definition) is 3. The fourth-order valence-corrected chi connectivity index (χ4v) is 4.91. The number of ether oxygens (including phenoxy) is 2. The average Bonchev–Trinajstić information content (AvgIpc) is 3.23. The number of methoxy groups -OCH3 is 1. The maximum atomic E-state index is 12.6. The zero-order chi connectivity index (χ0) is 26.0. The summed E-state index contributed by atoms with van der Waals surface area (Å²) < 4.78 is 11.8. The molecule has 1 amide bonds. The van der Waals surface area contributed by atoms with Gasteiger partial charge in [0.05, 0.1) is 39.5 Å². The van der Waals surface area contributed by atoms with Gasteiger partial charge in [-0.15, -0.1) is 0 Å². The second-order valence-corrected chi connectivity index (χ2v) is 9.69. The zero-order valence-electron chi connectivity index (χ0n) is 20.7. The maximum Gasteiger partial charge on any atom is 0.253 e. The van der Waals surface area contributed by atoms with Crippen molar-refractivity contribution in [2.75, 3.05) is 44.8 Å². The SMILES string of the molecule is [C-]#[N+]c1ccnc(N2CC(Oc3cc([C@@H]4CN(C(=O)[C@@H](O)CO)C[C@@]4(C)[C@@H](C)O)ccc3OC)C2)c1. The number of nitrogens with zero attached hydrogens (tertiary/aromatic N) is 4. The smallest absolute Gasteiger partial charge is 0.253 e. The van der Waals surface area contributed by atoms with E-state index in [9.17, 15) is 20.1 Å². The van der Waals surface area contributed by atoms with Gasteiger partial charge < -0.3 is 34.6 Å². The summed E-state index contributed by atoms with van der Waals surface area (Å²) in [5.74, 6) is 1.10. The van der Waals surface area contributed by atoms with Crippen LogP contribution in [-0.4, -0.2) is 89.3 Å². The molecule has 192 valence electrons. The predicted molar refractivity (Wildman–Crippen MR) is 132 cm³/mol. The molecule has 0 radical (unpaired) electrons. The van der Waals surface area contributed by atoms with E-state index in [-0.39, 0.29) is 18.6 Å². The number of amides is 1. The molecule has 0 bridgehead atoms. The number of aromatic nitrogens is 1. The summed E-state index contributed by atoms with van der Waals surface area (Å²) in [6, 6.07) is 9.03. The van der Waals surface area contributed by atoms with E-state index in [0.717, 1.165) is 11.4 Å². The maximum absolute atomic E-state index is 12.6. The number of anilines is 1. The van der Waals surface area contributed by atoms with Crippen LogP contribution in [0.1, 0.15) is 25.3 Å². The van der Waals surface area contributed by atoms with Crippen LogP contribution < -0.4 is 14.4 Å². The zero-order valence-corrected chi connectivity index (χ0v) is 20.7. The molecule has 1 aromatic carbocycles. The monoisotopic (exact) mass is 496 g/mol. The summed E-state index contributed by atoms with van der Waals surface area (Å²) in [6.45, 7) is 11.9. The Hall–Kier alpha value is -3.39.